The zero-order valence-corrected chi connectivity index (χ0v) is 10.9. The largest absolute Gasteiger partial charge is 0.324 e. The van der Waals surface area contributed by atoms with E-state index in [-0.39, 0.29) is 5.54 Å². The number of hydrogen-bond donors (Lipinski definition) is 1. The SMILES string of the molecule is CCC(N)(CC)CN(CC(C)C)C1CC1. The van der Waals surface area contributed by atoms with Crippen LogP contribution in [0.4, 0.5) is 0 Å². The van der Waals surface area contributed by atoms with Gasteiger partial charge in [-0.25, -0.2) is 0 Å². The Balaban J connectivity index is 2.49. The summed E-state index contributed by atoms with van der Waals surface area (Å²) < 4.78 is 0. The van der Waals surface area contributed by atoms with Crippen molar-refractivity contribution < 1.29 is 0 Å². The molecule has 0 aromatic carbocycles. The fourth-order valence-corrected chi connectivity index (χ4v) is 2.13. The molecule has 0 aliphatic heterocycles. The summed E-state index contributed by atoms with van der Waals surface area (Å²) in [5.74, 6) is 0.753. The minimum atomic E-state index is 0.0392. The van der Waals surface area contributed by atoms with Crippen LogP contribution >= 0.6 is 0 Å². The van der Waals surface area contributed by atoms with Crippen LogP contribution in [-0.4, -0.2) is 29.6 Å². The maximum absolute atomic E-state index is 6.40. The van der Waals surface area contributed by atoms with Gasteiger partial charge in [-0.15, -0.1) is 0 Å². The lowest BCUT2D eigenvalue weighted by atomic mass is 9.93. The fourth-order valence-electron chi connectivity index (χ4n) is 2.13. The summed E-state index contributed by atoms with van der Waals surface area (Å²) >= 11 is 0. The van der Waals surface area contributed by atoms with Gasteiger partial charge in [0.25, 0.3) is 0 Å². The first kappa shape index (κ1) is 13.0. The van der Waals surface area contributed by atoms with E-state index in [9.17, 15) is 0 Å². The first-order valence-electron chi connectivity index (χ1n) is 6.53. The molecule has 0 atom stereocenters. The molecule has 0 saturated heterocycles. The molecule has 0 heterocycles. The van der Waals surface area contributed by atoms with Gasteiger partial charge in [-0.05, 0) is 31.6 Å². The van der Waals surface area contributed by atoms with Crippen LogP contribution in [0.25, 0.3) is 0 Å². The molecule has 1 fully saturated rings. The lowest BCUT2D eigenvalue weighted by Gasteiger charge is -2.35. The lowest BCUT2D eigenvalue weighted by Crippen LogP contribution is -2.50. The summed E-state index contributed by atoms with van der Waals surface area (Å²) in [6.45, 7) is 11.3. The lowest BCUT2D eigenvalue weighted by molar-refractivity contribution is 0.173. The molecule has 0 amide bonds. The van der Waals surface area contributed by atoms with Crippen LogP contribution < -0.4 is 5.73 Å². The smallest absolute Gasteiger partial charge is 0.0278 e. The van der Waals surface area contributed by atoms with Crippen LogP contribution in [0, 0.1) is 5.92 Å². The molecule has 1 rings (SSSR count). The maximum atomic E-state index is 6.40. The molecule has 0 unspecified atom stereocenters. The van der Waals surface area contributed by atoms with E-state index in [2.05, 4.69) is 32.6 Å². The summed E-state index contributed by atoms with van der Waals surface area (Å²) in [6, 6.07) is 0.841. The van der Waals surface area contributed by atoms with Gasteiger partial charge in [-0.1, -0.05) is 27.7 Å². The van der Waals surface area contributed by atoms with E-state index >= 15 is 0 Å². The molecule has 1 aliphatic rings. The second kappa shape index (κ2) is 5.31. The van der Waals surface area contributed by atoms with Gasteiger partial charge in [-0.2, -0.15) is 0 Å². The van der Waals surface area contributed by atoms with Crippen LogP contribution in [0.1, 0.15) is 53.4 Å². The molecule has 0 radical (unpaired) electrons. The van der Waals surface area contributed by atoms with Gasteiger partial charge >= 0.3 is 0 Å². The molecule has 0 aromatic rings. The third kappa shape index (κ3) is 4.12. The molecule has 15 heavy (non-hydrogen) atoms. The highest BCUT2D eigenvalue weighted by Gasteiger charge is 2.33. The Labute approximate surface area is 95.2 Å². The molecule has 2 nitrogen and oxygen atoms in total. The molecule has 1 aliphatic carbocycles. The summed E-state index contributed by atoms with van der Waals surface area (Å²) in [5.41, 5.74) is 6.44. The van der Waals surface area contributed by atoms with E-state index in [4.69, 9.17) is 5.73 Å². The topological polar surface area (TPSA) is 29.3 Å². The van der Waals surface area contributed by atoms with Crippen molar-refractivity contribution in [1.29, 1.82) is 0 Å². The van der Waals surface area contributed by atoms with Crippen molar-refractivity contribution in [2.24, 2.45) is 11.7 Å². The van der Waals surface area contributed by atoms with Gasteiger partial charge in [0.1, 0.15) is 0 Å². The number of nitrogens with zero attached hydrogens (tertiary/aromatic N) is 1. The number of rotatable bonds is 7. The van der Waals surface area contributed by atoms with Crippen LogP contribution in [0.5, 0.6) is 0 Å². The Bertz CT molecular complexity index is 181. The van der Waals surface area contributed by atoms with Crippen LogP contribution in [0.2, 0.25) is 0 Å². The van der Waals surface area contributed by atoms with Crippen LogP contribution in [-0.2, 0) is 0 Å². The summed E-state index contributed by atoms with van der Waals surface area (Å²) in [7, 11) is 0. The molecule has 2 heteroatoms. The van der Waals surface area contributed by atoms with Crippen molar-refractivity contribution in [3.63, 3.8) is 0 Å². The Morgan fingerprint density at radius 3 is 2.13 bits per heavy atom. The monoisotopic (exact) mass is 212 g/mol. The van der Waals surface area contributed by atoms with E-state index in [0.717, 1.165) is 31.3 Å². The molecular formula is C13H28N2. The summed E-state index contributed by atoms with van der Waals surface area (Å²) in [6.07, 6.45) is 4.95. The molecule has 1 saturated carbocycles. The van der Waals surface area contributed by atoms with Crippen LogP contribution in [0.3, 0.4) is 0 Å². The van der Waals surface area contributed by atoms with Crippen molar-refractivity contribution in [2.75, 3.05) is 13.1 Å². The average molecular weight is 212 g/mol. The van der Waals surface area contributed by atoms with E-state index in [0.29, 0.717) is 0 Å². The molecular weight excluding hydrogens is 184 g/mol. The Morgan fingerprint density at radius 2 is 1.80 bits per heavy atom. The molecule has 0 bridgehead atoms. The minimum Gasteiger partial charge on any atom is -0.324 e. The number of nitrogens with two attached hydrogens (primary N) is 1. The second-order valence-electron chi connectivity index (χ2n) is 5.62. The first-order valence-corrected chi connectivity index (χ1v) is 6.53. The molecule has 90 valence electrons. The number of hydrogen-bond acceptors (Lipinski definition) is 2. The van der Waals surface area contributed by atoms with Crippen molar-refractivity contribution >= 4 is 0 Å². The van der Waals surface area contributed by atoms with Gasteiger partial charge in [0, 0.05) is 24.7 Å². The third-order valence-electron chi connectivity index (χ3n) is 3.59. The molecule has 2 N–H and O–H groups in total. The van der Waals surface area contributed by atoms with E-state index in [1.54, 1.807) is 0 Å². The van der Waals surface area contributed by atoms with Crippen molar-refractivity contribution in [1.82, 2.24) is 4.90 Å². The minimum absolute atomic E-state index is 0.0392. The second-order valence-corrected chi connectivity index (χ2v) is 5.62. The normalized spacial score (nSPS) is 17.8. The zero-order chi connectivity index (χ0) is 11.5. The highest BCUT2D eigenvalue weighted by molar-refractivity contribution is 4.92. The van der Waals surface area contributed by atoms with Crippen molar-refractivity contribution in [3.8, 4) is 0 Å². The van der Waals surface area contributed by atoms with Gasteiger partial charge in [0.15, 0.2) is 0 Å². The van der Waals surface area contributed by atoms with Crippen LogP contribution in [0.15, 0.2) is 0 Å². The predicted octanol–water partition coefficient (Wildman–Crippen LogP) is 2.62. The van der Waals surface area contributed by atoms with E-state index in [1.165, 1.54) is 19.4 Å². The summed E-state index contributed by atoms with van der Waals surface area (Å²) in [4.78, 5) is 2.62. The van der Waals surface area contributed by atoms with Gasteiger partial charge in [0.05, 0.1) is 0 Å². The van der Waals surface area contributed by atoms with Crippen molar-refractivity contribution in [2.45, 2.75) is 65.0 Å². The quantitative estimate of drug-likeness (QED) is 0.703. The molecule has 0 spiro atoms. The molecule has 0 aromatic heterocycles. The van der Waals surface area contributed by atoms with Gasteiger partial charge in [-0.3, -0.25) is 4.90 Å². The van der Waals surface area contributed by atoms with E-state index < -0.39 is 0 Å². The Morgan fingerprint density at radius 1 is 1.27 bits per heavy atom. The average Bonchev–Trinajstić information content (AvgIpc) is 2.99. The summed E-state index contributed by atoms with van der Waals surface area (Å²) in [5, 5.41) is 0. The standard InChI is InChI=1S/C13H28N2/c1-5-13(14,6-2)10-15(9-11(3)4)12-7-8-12/h11-12H,5-10,14H2,1-4H3. The zero-order valence-electron chi connectivity index (χ0n) is 10.9. The van der Waals surface area contributed by atoms with E-state index in [1.807, 2.05) is 0 Å². The van der Waals surface area contributed by atoms with Gasteiger partial charge in [0.2, 0.25) is 0 Å². The highest BCUT2D eigenvalue weighted by atomic mass is 15.2. The Kier molecular flexibility index (Phi) is 4.60. The van der Waals surface area contributed by atoms with Crippen molar-refractivity contribution in [3.05, 3.63) is 0 Å². The first-order chi connectivity index (χ1) is 7.00. The highest BCUT2D eigenvalue weighted by Crippen LogP contribution is 2.29. The predicted molar refractivity (Wildman–Crippen MR) is 66.9 cm³/mol. The fraction of sp³-hybridized carbons (Fsp3) is 1.00. The third-order valence-corrected chi connectivity index (χ3v) is 3.59. The maximum Gasteiger partial charge on any atom is 0.0278 e. The Hall–Kier alpha value is -0.0800. The van der Waals surface area contributed by atoms with Gasteiger partial charge < -0.3 is 5.73 Å².